The maximum atomic E-state index is 12.1. The molecule has 1 atom stereocenters. The third-order valence-corrected chi connectivity index (χ3v) is 4.39. The van der Waals surface area contributed by atoms with E-state index < -0.39 is 12.6 Å². The summed E-state index contributed by atoms with van der Waals surface area (Å²) in [6, 6.07) is 12.8. The van der Waals surface area contributed by atoms with Crippen molar-refractivity contribution >= 4 is 11.9 Å². The van der Waals surface area contributed by atoms with Gasteiger partial charge in [-0.15, -0.1) is 0 Å². The molecule has 148 valence electrons. The molecular weight excluding hydrogens is 362 g/mol. The van der Waals surface area contributed by atoms with Gasteiger partial charge in [0.1, 0.15) is 23.9 Å². The van der Waals surface area contributed by atoms with Crippen molar-refractivity contribution in [3.8, 4) is 17.2 Å². The monoisotopic (exact) mass is 385 g/mol. The van der Waals surface area contributed by atoms with Crippen LogP contribution in [0.5, 0.6) is 17.2 Å². The number of likely N-dealkylation sites (N-methyl/N-ethyl adjacent to an activating group) is 1. The van der Waals surface area contributed by atoms with Crippen LogP contribution in [-0.4, -0.2) is 55.8 Å². The van der Waals surface area contributed by atoms with E-state index in [2.05, 4.69) is 0 Å². The van der Waals surface area contributed by atoms with Crippen LogP contribution in [0.2, 0.25) is 0 Å². The molecule has 1 aliphatic rings. The molecule has 3 rings (SSSR count). The second-order valence-corrected chi connectivity index (χ2v) is 6.84. The lowest BCUT2D eigenvalue weighted by Gasteiger charge is -2.25. The summed E-state index contributed by atoms with van der Waals surface area (Å²) in [5.41, 5.74) is 1.81. The Labute approximate surface area is 163 Å². The molecule has 0 saturated carbocycles. The standard InChI is InChI=1S/C21H23NO6/c1-22(2)8-9-26-15-5-3-4-14(10-15)18-12-21(25)28-19-11-16(6-7-17(18)19)27-13-20(23)24/h3-7,10-11,18H,8-9,12-13H2,1-2H3,(H,23,24). The van der Waals surface area contributed by atoms with Crippen molar-refractivity contribution in [1.29, 1.82) is 0 Å². The van der Waals surface area contributed by atoms with Gasteiger partial charge < -0.3 is 24.2 Å². The molecule has 2 aromatic carbocycles. The Morgan fingerprint density at radius 3 is 2.71 bits per heavy atom. The van der Waals surface area contributed by atoms with Crippen LogP contribution in [0.25, 0.3) is 0 Å². The maximum Gasteiger partial charge on any atom is 0.341 e. The summed E-state index contributed by atoms with van der Waals surface area (Å²) in [5, 5.41) is 8.74. The minimum Gasteiger partial charge on any atom is -0.492 e. The molecule has 0 aliphatic carbocycles. The Bertz CT molecular complexity index is 864. The Morgan fingerprint density at radius 1 is 1.18 bits per heavy atom. The van der Waals surface area contributed by atoms with Gasteiger partial charge in [-0.3, -0.25) is 4.79 Å². The lowest BCUT2D eigenvalue weighted by atomic mass is 9.86. The number of carboxylic acid groups (broad SMARTS) is 1. The van der Waals surface area contributed by atoms with Crippen LogP contribution in [0.15, 0.2) is 42.5 Å². The summed E-state index contributed by atoms with van der Waals surface area (Å²) in [7, 11) is 3.97. The van der Waals surface area contributed by atoms with E-state index in [1.54, 1.807) is 12.1 Å². The number of carbonyl (C=O) groups is 2. The molecule has 0 spiro atoms. The predicted molar refractivity (Wildman–Crippen MR) is 102 cm³/mol. The van der Waals surface area contributed by atoms with Gasteiger partial charge in [0.05, 0.1) is 6.42 Å². The molecule has 0 radical (unpaired) electrons. The normalized spacial score (nSPS) is 15.7. The van der Waals surface area contributed by atoms with Gasteiger partial charge in [-0.05, 0) is 37.9 Å². The molecule has 2 aromatic rings. The number of hydrogen-bond donors (Lipinski definition) is 1. The first-order chi connectivity index (χ1) is 13.4. The molecule has 28 heavy (non-hydrogen) atoms. The molecule has 7 nitrogen and oxygen atoms in total. The Balaban J connectivity index is 1.82. The number of benzene rings is 2. The maximum absolute atomic E-state index is 12.1. The molecule has 0 amide bonds. The van der Waals surface area contributed by atoms with Gasteiger partial charge in [0, 0.05) is 24.1 Å². The third kappa shape index (κ3) is 5.01. The molecule has 7 heteroatoms. The second kappa shape index (κ2) is 8.75. The van der Waals surface area contributed by atoms with Crippen molar-refractivity contribution in [3.63, 3.8) is 0 Å². The first kappa shape index (κ1) is 19.7. The summed E-state index contributed by atoms with van der Waals surface area (Å²) in [6.45, 7) is 0.925. The van der Waals surface area contributed by atoms with E-state index in [0.29, 0.717) is 18.1 Å². The fourth-order valence-electron chi connectivity index (χ4n) is 3.03. The van der Waals surface area contributed by atoms with Crippen molar-refractivity contribution in [2.75, 3.05) is 33.9 Å². The predicted octanol–water partition coefficient (Wildman–Crippen LogP) is 2.53. The minimum atomic E-state index is -1.07. The van der Waals surface area contributed by atoms with Gasteiger partial charge in [0.2, 0.25) is 0 Å². The molecule has 1 unspecified atom stereocenters. The number of carboxylic acids is 1. The molecule has 1 aliphatic heterocycles. The fourth-order valence-corrected chi connectivity index (χ4v) is 3.03. The lowest BCUT2D eigenvalue weighted by Crippen LogP contribution is -2.21. The highest BCUT2D eigenvalue weighted by Gasteiger charge is 2.29. The molecular formula is C21H23NO6. The first-order valence-corrected chi connectivity index (χ1v) is 8.99. The highest BCUT2D eigenvalue weighted by atomic mass is 16.5. The van der Waals surface area contributed by atoms with Crippen molar-refractivity contribution in [3.05, 3.63) is 53.6 Å². The number of nitrogens with zero attached hydrogens (tertiary/aromatic N) is 1. The van der Waals surface area contributed by atoms with E-state index in [0.717, 1.165) is 23.4 Å². The zero-order valence-electron chi connectivity index (χ0n) is 15.9. The summed E-state index contributed by atoms with van der Waals surface area (Å²) >= 11 is 0. The highest BCUT2D eigenvalue weighted by Crippen LogP contribution is 2.41. The molecule has 0 bridgehead atoms. The Kier molecular flexibility index (Phi) is 6.16. The fraction of sp³-hybridized carbons (Fsp3) is 0.333. The number of esters is 1. The van der Waals surface area contributed by atoms with Gasteiger partial charge in [0.15, 0.2) is 6.61 Å². The summed E-state index contributed by atoms with van der Waals surface area (Å²) < 4.78 is 16.3. The molecule has 0 aromatic heterocycles. The van der Waals surface area contributed by atoms with Crippen molar-refractivity contribution in [2.24, 2.45) is 0 Å². The van der Waals surface area contributed by atoms with Crippen LogP contribution in [0, 0.1) is 0 Å². The van der Waals surface area contributed by atoms with Gasteiger partial charge in [-0.2, -0.15) is 0 Å². The van der Waals surface area contributed by atoms with Gasteiger partial charge >= 0.3 is 11.9 Å². The van der Waals surface area contributed by atoms with E-state index in [9.17, 15) is 9.59 Å². The topological polar surface area (TPSA) is 85.3 Å². The zero-order valence-corrected chi connectivity index (χ0v) is 15.9. The number of rotatable bonds is 8. The van der Waals surface area contributed by atoms with Crippen LogP contribution in [0.1, 0.15) is 23.5 Å². The molecule has 1 N–H and O–H groups in total. The quantitative estimate of drug-likeness (QED) is 0.552. The lowest BCUT2D eigenvalue weighted by molar-refractivity contribution is -0.139. The van der Waals surface area contributed by atoms with E-state index in [-0.39, 0.29) is 18.3 Å². The summed E-state index contributed by atoms with van der Waals surface area (Å²) in [5.74, 6) is -0.0904. The van der Waals surface area contributed by atoms with E-state index in [1.807, 2.05) is 49.3 Å². The number of fused-ring (bicyclic) bond motifs is 1. The number of carbonyl (C=O) groups excluding carboxylic acids is 1. The van der Waals surface area contributed by atoms with Gasteiger partial charge in [-0.1, -0.05) is 18.2 Å². The average Bonchev–Trinajstić information content (AvgIpc) is 2.65. The molecule has 0 fully saturated rings. The number of aliphatic carboxylic acids is 1. The van der Waals surface area contributed by atoms with E-state index in [4.69, 9.17) is 19.3 Å². The van der Waals surface area contributed by atoms with Crippen LogP contribution in [-0.2, 0) is 9.59 Å². The zero-order chi connectivity index (χ0) is 20.1. The second-order valence-electron chi connectivity index (χ2n) is 6.84. The van der Waals surface area contributed by atoms with Crippen LogP contribution < -0.4 is 14.2 Å². The van der Waals surface area contributed by atoms with Crippen LogP contribution in [0.3, 0.4) is 0 Å². The van der Waals surface area contributed by atoms with Gasteiger partial charge in [0.25, 0.3) is 0 Å². The Hall–Kier alpha value is -3.06. The SMILES string of the molecule is CN(C)CCOc1cccc(C2CC(=O)Oc3cc(OCC(=O)O)ccc32)c1. The molecule has 0 saturated heterocycles. The van der Waals surface area contributed by atoms with Crippen LogP contribution in [0.4, 0.5) is 0 Å². The first-order valence-electron chi connectivity index (χ1n) is 8.99. The highest BCUT2D eigenvalue weighted by molar-refractivity contribution is 5.78. The third-order valence-electron chi connectivity index (χ3n) is 4.39. The smallest absolute Gasteiger partial charge is 0.341 e. The van der Waals surface area contributed by atoms with Crippen molar-refractivity contribution < 1.29 is 28.9 Å². The minimum absolute atomic E-state index is 0.165. The number of hydrogen-bond acceptors (Lipinski definition) is 6. The van der Waals surface area contributed by atoms with Crippen molar-refractivity contribution in [2.45, 2.75) is 12.3 Å². The van der Waals surface area contributed by atoms with Crippen LogP contribution >= 0.6 is 0 Å². The summed E-state index contributed by atoms with van der Waals surface area (Å²) in [4.78, 5) is 24.8. The number of ether oxygens (including phenoxy) is 3. The summed E-state index contributed by atoms with van der Waals surface area (Å²) in [6.07, 6.45) is 0.226. The van der Waals surface area contributed by atoms with Gasteiger partial charge in [-0.25, -0.2) is 4.79 Å². The molecule has 1 heterocycles. The van der Waals surface area contributed by atoms with E-state index in [1.165, 1.54) is 0 Å². The average molecular weight is 385 g/mol. The largest absolute Gasteiger partial charge is 0.492 e. The van der Waals surface area contributed by atoms with E-state index >= 15 is 0 Å². The Morgan fingerprint density at radius 2 is 1.96 bits per heavy atom. The van der Waals surface area contributed by atoms with Crippen molar-refractivity contribution in [1.82, 2.24) is 4.90 Å².